The number of benzene rings is 1. The topological polar surface area (TPSA) is 64.5 Å². The largest absolute Gasteiger partial charge is 0.471 e. The Balaban J connectivity index is 1.36. The molecule has 124 valence electrons. The molecule has 2 aliphatic rings. The Labute approximate surface area is 140 Å². The summed E-state index contributed by atoms with van der Waals surface area (Å²) in [7, 11) is 0. The first-order valence-corrected chi connectivity index (χ1v) is 8.19. The van der Waals surface area contributed by atoms with Gasteiger partial charge in [-0.25, -0.2) is 4.98 Å². The summed E-state index contributed by atoms with van der Waals surface area (Å²) in [6, 6.07) is 8.13. The highest BCUT2D eigenvalue weighted by Crippen LogP contribution is 2.23. The van der Waals surface area contributed by atoms with Crippen LogP contribution in [0.1, 0.15) is 17.5 Å². The summed E-state index contributed by atoms with van der Waals surface area (Å²) in [6.45, 7) is 1.75. The van der Waals surface area contributed by atoms with E-state index in [1.807, 2.05) is 17.0 Å². The van der Waals surface area contributed by atoms with Crippen molar-refractivity contribution in [3.8, 4) is 5.88 Å². The van der Waals surface area contributed by atoms with E-state index in [4.69, 9.17) is 9.47 Å². The van der Waals surface area contributed by atoms with Crippen LogP contribution in [0.3, 0.4) is 0 Å². The molecule has 1 aromatic heterocycles. The minimum absolute atomic E-state index is 0.0403. The quantitative estimate of drug-likeness (QED) is 0.857. The van der Waals surface area contributed by atoms with Gasteiger partial charge in [-0.2, -0.15) is 0 Å². The highest BCUT2D eigenvalue weighted by Gasteiger charge is 2.34. The maximum absolute atomic E-state index is 12.7. The van der Waals surface area contributed by atoms with Crippen LogP contribution >= 0.6 is 0 Å². The van der Waals surface area contributed by atoms with Crippen LogP contribution in [0.4, 0.5) is 0 Å². The number of hydrogen-bond acceptors (Lipinski definition) is 5. The van der Waals surface area contributed by atoms with Gasteiger partial charge in [0.05, 0.1) is 19.3 Å². The molecule has 4 rings (SSSR count). The Kier molecular flexibility index (Phi) is 4.13. The van der Waals surface area contributed by atoms with Gasteiger partial charge in [0.15, 0.2) is 0 Å². The van der Waals surface area contributed by atoms with Crippen molar-refractivity contribution in [1.82, 2.24) is 14.9 Å². The Morgan fingerprint density at radius 1 is 1.25 bits per heavy atom. The number of rotatable bonds is 3. The highest BCUT2D eigenvalue weighted by atomic mass is 16.5. The van der Waals surface area contributed by atoms with Crippen molar-refractivity contribution < 1.29 is 14.3 Å². The van der Waals surface area contributed by atoms with Crippen LogP contribution in [0.5, 0.6) is 5.88 Å². The normalized spacial score (nSPS) is 22.9. The fourth-order valence-corrected chi connectivity index (χ4v) is 3.25. The SMILES string of the molecule is O=C([C@H]1Cc2ccccc2CO1)N1CC[C@H](Oc2cnccn2)C1. The van der Waals surface area contributed by atoms with E-state index in [1.54, 1.807) is 18.6 Å². The fraction of sp³-hybridized carbons (Fsp3) is 0.389. The summed E-state index contributed by atoms with van der Waals surface area (Å²) < 4.78 is 11.6. The third-order valence-electron chi connectivity index (χ3n) is 4.52. The van der Waals surface area contributed by atoms with Gasteiger partial charge in [-0.05, 0) is 11.1 Å². The predicted molar refractivity (Wildman–Crippen MR) is 86.4 cm³/mol. The summed E-state index contributed by atoms with van der Waals surface area (Å²) in [4.78, 5) is 22.7. The highest BCUT2D eigenvalue weighted by molar-refractivity contribution is 5.82. The number of fused-ring (bicyclic) bond motifs is 1. The molecule has 6 nitrogen and oxygen atoms in total. The number of likely N-dealkylation sites (tertiary alicyclic amines) is 1. The first kappa shape index (κ1) is 15.1. The van der Waals surface area contributed by atoms with Gasteiger partial charge in [0.1, 0.15) is 12.2 Å². The molecule has 2 aromatic rings. The first-order chi connectivity index (χ1) is 11.8. The molecule has 2 atom stereocenters. The van der Waals surface area contributed by atoms with E-state index in [1.165, 1.54) is 11.1 Å². The van der Waals surface area contributed by atoms with Crippen LogP contribution in [0.2, 0.25) is 0 Å². The van der Waals surface area contributed by atoms with Gasteiger partial charge < -0.3 is 14.4 Å². The summed E-state index contributed by atoms with van der Waals surface area (Å²) in [6.07, 6.45) is 5.80. The molecule has 0 aliphatic carbocycles. The van der Waals surface area contributed by atoms with Crippen molar-refractivity contribution in [3.05, 3.63) is 54.0 Å². The smallest absolute Gasteiger partial charge is 0.252 e. The second-order valence-electron chi connectivity index (χ2n) is 6.13. The Hall–Kier alpha value is -2.47. The lowest BCUT2D eigenvalue weighted by atomic mass is 9.98. The lowest BCUT2D eigenvalue weighted by Crippen LogP contribution is -2.42. The first-order valence-electron chi connectivity index (χ1n) is 8.19. The van der Waals surface area contributed by atoms with Crippen LogP contribution in [0, 0.1) is 0 Å². The van der Waals surface area contributed by atoms with E-state index in [2.05, 4.69) is 22.1 Å². The molecule has 24 heavy (non-hydrogen) atoms. The number of aromatic nitrogens is 2. The summed E-state index contributed by atoms with van der Waals surface area (Å²) >= 11 is 0. The molecular weight excluding hydrogens is 306 g/mol. The zero-order valence-corrected chi connectivity index (χ0v) is 13.3. The molecule has 1 fully saturated rings. The van der Waals surface area contributed by atoms with Crippen LogP contribution < -0.4 is 4.74 Å². The van der Waals surface area contributed by atoms with E-state index in [-0.39, 0.29) is 12.0 Å². The lowest BCUT2D eigenvalue weighted by molar-refractivity contribution is -0.144. The molecule has 1 aromatic carbocycles. The average Bonchev–Trinajstić information content (AvgIpc) is 3.10. The molecular formula is C18H19N3O3. The second kappa shape index (κ2) is 6.57. The standard InChI is InChI=1S/C18H19N3O3/c22-18(16-9-13-3-1-2-4-14(13)12-23-16)21-8-5-15(11-21)24-17-10-19-6-7-20-17/h1-4,6-7,10,15-16H,5,8-9,11-12H2/t15-,16+/m0/s1. The number of carbonyl (C=O) groups is 1. The Morgan fingerprint density at radius 2 is 2.12 bits per heavy atom. The number of amides is 1. The number of ether oxygens (including phenoxy) is 2. The van der Waals surface area contributed by atoms with E-state index >= 15 is 0 Å². The van der Waals surface area contributed by atoms with E-state index in [0.717, 1.165) is 6.42 Å². The third kappa shape index (κ3) is 3.10. The zero-order valence-electron chi connectivity index (χ0n) is 13.3. The number of hydrogen-bond donors (Lipinski definition) is 0. The molecule has 2 aliphatic heterocycles. The molecule has 1 amide bonds. The van der Waals surface area contributed by atoms with Gasteiger partial charge in [-0.15, -0.1) is 0 Å². The molecule has 0 unspecified atom stereocenters. The van der Waals surface area contributed by atoms with E-state index in [9.17, 15) is 4.79 Å². The lowest BCUT2D eigenvalue weighted by Gasteiger charge is -2.28. The number of carbonyl (C=O) groups excluding carboxylic acids is 1. The van der Waals surface area contributed by atoms with Crippen molar-refractivity contribution in [1.29, 1.82) is 0 Å². The van der Waals surface area contributed by atoms with Crippen LogP contribution in [-0.4, -0.2) is 46.1 Å². The molecule has 0 saturated carbocycles. The van der Waals surface area contributed by atoms with Crippen molar-refractivity contribution in [2.24, 2.45) is 0 Å². The molecule has 0 N–H and O–H groups in total. The summed E-state index contributed by atoms with van der Waals surface area (Å²) in [5.74, 6) is 0.550. The van der Waals surface area contributed by atoms with E-state index in [0.29, 0.717) is 32.0 Å². The van der Waals surface area contributed by atoms with Crippen molar-refractivity contribution in [2.75, 3.05) is 13.1 Å². The van der Waals surface area contributed by atoms with Crippen LogP contribution in [0.15, 0.2) is 42.9 Å². The van der Waals surface area contributed by atoms with Gasteiger partial charge in [0.25, 0.3) is 5.91 Å². The van der Waals surface area contributed by atoms with Gasteiger partial charge >= 0.3 is 0 Å². The van der Waals surface area contributed by atoms with Crippen LogP contribution in [-0.2, 0) is 22.6 Å². The monoisotopic (exact) mass is 325 g/mol. The fourth-order valence-electron chi connectivity index (χ4n) is 3.25. The molecule has 3 heterocycles. The summed E-state index contributed by atoms with van der Waals surface area (Å²) in [5.41, 5.74) is 2.38. The molecule has 6 heteroatoms. The van der Waals surface area contributed by atoms with Gasteiger partial charge in [0, 0.05) is 31.8 Å². The van der Waals surface area contributed by atoms with Gasteiger partial charge in [-0.1, -0.05) is 24.3 Å². The molecule has 1 saturated heterocycles. The molecule has 0 bridgehead atoms. The Morgan fingerprint density at radius 3 is 2.96 bits per heavy atom. The van der Waals surface area contributed by atoms with Crippen molar-refractivity contribution in [3.63, 3.8) is 0 Å². The molecule has 0 radical (unpaired) electrons. The van der Waals surface area contributed by atoms with Crippen LogP contribution in [0.25, 0.3) is 0 Å². The maximum Gasteiger partial charge on any atom is 0.252 e. The third-order valence-corrected chi connectivity index (χ3v) is 4.52. The summed E-state index contributed by atoms with van der Waals surface area (Å²) in [5, 5.41) is 0. The maximum atomic E-state index is 12.7. The van der Waals surface area contributed by atoms with Crippen molar-refractivity contribution >= 4 is 5.91 Å². The number of nitrogens with zero attached hydrogens (tertiary/aromatic N) is 3. The minimum atomic E-state index is -0.393. The second-order valence-corrected chi connectivity index (χ2v) is 6.13. The minimum Gasteiger partial charge on any atom is -0.471 e. The van der Waals surface area contributed by atoms with Gasteiger partial charge in [-0.3, -0.25) is 9.78 Å². The van der Waals surface area contributed by atoms with E-state index < -0.39 is 6.10 Å². The van der Waals surface area contributed by atoms with Gasteiger partial charge in [0.2, 0.25) is 5.88 Å². The average molecular weight is 325 g/mol. The predicted octanol–water partition coefficient (Wildman–Crippen LogP) is 1.60. The Bertz CT molecular complexity index is 722. The molecule has 0 spiro atoms. The van der Waals surface area contributed by atoms with Crippen molar-refractivity contribution in [2.45, 2.75) is 31.7 Å². The zero-order chi connectivity index (χ0) is 16.4.